The van der Waals surface area contributed by atoms with E-state index in [9.17, 15) is 9.59 Å². The van der Waals surface area contributed by atoms with Crippen molar-refractivity contribution in [1.82, 2.24) is 0 Å². The lowest BCUT2D eigenvalue weighted by Gasteiger charge is -2.13. The molecule has 0 amide bonds. The lowest BCUT2D eigenvalue weighted by Crippen LogP contribution is -2.12. The van der Waals surface area contributed by atoms with E-state index in [1.54, 1.807) is 18.2 Å². The van der Waals surface area contributed by atoms with Crippen molar-refractivity contribution in [2.24, 2.45) is 0 Å². The van der Waals surface area contributed by atoms with Crippen molar-refractivity contribution in [2.75, 3.05) is 6.61 Å². The fraction of sp³-hybridized carbons (Fsp3) is 0.556. The molecular formula is C18H26O5. The normalized spacial score (nSPS) is 10.4. The minimum absolute atomic E-state index is 0.00672. The van der Waals surface area contributed by atoms with Gasteiger partial charge in [-0.2, -0.15) is 0 Å². The van der Waals surface area contributed by atoms with Gasteiger partial charge in [-0.15, -0.1) is 0 Å². The maximum absolute atomic E-state index is 11.9. The maximum Gasteiger partial charge on any atom is 0.311 e. The molecule has 5 nitrogen and oxygen atoms in total. The molecule has 1 aromatic carbocycles. The third-order valence-electron chi connectivity index (χ3n) is 2.96. The van der Waals surface area contributed by atoms with Crippen LogP contribution in [0.2, 0.25) is 0 Å². The fourth-order valence-electron chi connectivity index (χ4n) is 1.84. The minimum Gasteiger partial charge on any atom is -0.487 e. The second kappa shape index (κ2) is 10.6. The van der Waals surface area contributed by atoms with Gasteiger partial charge in [0.25, 0.3) is 0 Å². The van der Waals surface area contributed by atoms with Gasteiger partial charge in [0.05, 0.1) is 12.7 Å². The molecular weight excluding hydrogens is 296 g/mol. The number of carbonyl (C=O) groups is 2. The van der Waals surface area contributed by atoms with Gasteiger partial charge in [-0.1, -0.05) is 25.5 Å². The summed E-state index contributed by atoms with van der Waals surface area (Å²) in [6.45, 7) is 6.29. The molecule has 5 heteroatoms. The van der Waals surface area contributed by atoms with Crippen molar-refractivity contribution in [2.45, 2.75) is 59.0 Å². The van der Waals surface area contributed by atoms with Crippen LogP contribution in [0.1, 0.15) is 52.9 Å². The Bertz CT molecular complexity index is 496. The number of rotatable bonds is 10. The van der Waals surface area contributed by atoms with E-state index in [2.05, 4.69) is 0 Å². The Kier molecular flexibility index (Phi) is 8.80. The Morgan fingerprint density at radius 3 is 2.30 bits per heavy atom. The van der Waals surface area contributed by atoms with Crippen molar-refractivity contribution in [1.29, 1.82) is 0 Å². The summed E-state index contributed by atoms with van der Waals surface area (Å²) in [6.07, 6.45) is 2.64. The van der Waals surface area contributed by atoms with E-state index in [4.69, 9.17) is 14.2 Å². The van der Waals surface area contributed by atoms with Gasteiger partial charge in [0.2, 0.25) is 0 Å². The number of hydrogen-bond donors (Lipinski definition) is 0. The van der Waals surface area contributed by atoms with E-state index in [0.29, 0.717) is 24.5 Å². The van der Waals surface area contributed by atoms with Gasteiger partial charge < -0.3 is 14.2 Å². The first-order chi connectivity index (χ1) is 11.0. The van der Waals surface area contributed by atoms with Crippen LogP contribution in [-0.2, 0) is 14.3 Å². The van der Waals surface area contributed by atoms with Gasteiger partial charge in [0.1, 0.15) is 0 Å². The van der Waals surface area contributed by atoms with Crippen LogP contribution in [0.4, 0.5) is 0 Å². The van der Waals surface area contributed by atoms with Gasteiger partial charge >= 0.3 is 11.9 Å². The molecule has 0 heterocycles. The Morgan fingerprint density at radius 2 is 1.65 bits per heavy atom. The van der Waals surface area contributed by atoms with Gasteiger partial charge in [0.15, 0.2) is 11.5 Å². The largest absolute Gasteiger partial charge is 0.487 e. The number of para-hydroxylation sites is 2. The maximum atomic E-state index is 11.9. The molecule has 1 aromatic rings. The number of benzene rings is 1. The van der Waals surface area contributed by atoms with Crippen LogP contribution >= 0.6 is 0 Å². The predicted octanol–water partition coefficient (Wildman–Crippen LogP) is 3.89. The van der Waals surface area contributed by atoms with Crippen LogP contribution in [-0.4, -0.2) is 24.6 Å². The lowest BCUT2D eigenvalue weighted by molar-refractivity contribution is -0.144. The van der Waals surface area contributed by atoms with Crippen LogP contribution in [0.15, 0.2) is 24.3 Å². The highest BCUT2D eigenvalue weighted by atomic mass is 16.6. The van der Waals surface area contributed by atoms with Crippen molar-refractivity contribution in [3.63, 3.8) is 0 Å². The van der Waals surface area contributed by atoms with Gasteiger partial charge in [-0.3, -0.25) is 9.59 Å². The van der Waals surface area contributed by atoms with Crippen molar-refractivity contribution in [3.8, 4) is 11.5 Å². The quantitative estimate of drug-likeness (QED) is 0.371. The highest BCUT2D eigenvalue weighted by Crippen LogP contribution is 2.27. The Labute approximate surface area is 137 Å². The van der Waals surface area contributed by atoms with Gasteiger partial charge in [-0.25, -0.2) is 0 Å². The third-order valence-corrected chi connectivity index (χ3v) is 2.96. The first-order valence-electron chi connectivity index (χ1n) is 8.15. The fourth-order valence-corrected chi connectivity index (χ4v) is 1.84. The summed E-state index contributed by atoms with van der Waals surface area (Å²) in [4.78, 5) is 23.3. The molecule has 0 aliphatic carbocycles. The molecule has 23 heavy (non-hydrogen) atoms. The van der Waals surface area contributed by atoms with Crippen molar-refractivity contribution >= 4 is 11.9 Å². The number of carbonyl (C=O) groups excluding carboxylic acids is 2. The summed E-state index contributed by atoms with van der Waals surface area (Å²) in [5.41, 5.74) is 0. The molecule has 0 aromatic heterocycles. The Hall–Kier alpha value is -2.04. The third kappa shape index (κ3) is 8.24. The monoisotopic (exact) mass is 322 g/mol. The average molecular weight is 322 g/mol. The van der Waals surface area contributed by atoms with Crippen molar-refractivity contribution < 1.29 is 23.8 Å². The van der Waals surface area contributed by atoms with Crippen molar-refractivity contribution in [3.05, 3.63) is 24.3 Å². The number of ether oxygens (including phenoxy) is 3. The van der Waals surface area contributed by atoms with E-state index in [-0.39, 0.29) is 30.9 Å². The topological polar surface area (TPSA) is 61.8 Å². The zero-order valence-electron chi connectivity index (χ0n) is 14.2. The highest BCUT2D eigenvalue weighted by Gasteiger charge is 2.12. The zero-order valence-corrected chi connectivity index (χ0v) is 14.2. The summed E-state index contributed by atoms with van der Waals surface area (Å²) in [6, 6.07) is 7.05. The highest BCUT2D eigenvalue weighted by molar-refractivity contribution is 5.74. The smallest absolute Gasteiger partial charge is 0.311 e. The molecule has 0 bridgehead atoms. The molecule has 0 N–H and O–H groups in total. The van der Waals surface area contributed by atoms with Gasteiger partial charge in [-0.05, 0) is 38.8 Å². The molecule has 1 rings (SSSR count). The second-order valence-corrected chi connectivity index (χ2v) is 5.51. The summed E-state index contributed by atoms with van der Waals surface area (Å²) >= 11 is 0. The molecule has 0 aliphatic heterocycles. The molecule has 0 spiro atoms. The zero-order chi connectivity index (χ0) is 17.1. The predicted molar refractivity (Wildman–Crippen MR) is 87.6 cm³/mol. The first-order valence-corrected chi connectivity index (χ1v) is 8.15. The molecule has 0 saturated carbocycles. The summed E-state index contributed by atoms with van der Waals surface area (Å²) in [5.74, 6) is 0.285. The minimum atomic E-state index is -0.383. The van der Waals surface area contributed by atoms with E-state index in [0.717, 1.165) is 12.8 Å². The molecule has 128 valence electrons. The van der Waals surface area contributed by atoms with Crippen LogP contribution < -0.4 is 9.47 Å². The van der Waals surface area contributed by atoms with E-state index >= 15 is 0 Å². The lowest BCUT2D eigenvalue weighted by atomic mass is 10.2. The Morgan fingerprint density at radius 1 is 1.00 bits per heavy atom. The molecule has 0 radical (unpaired) electrons. The first kappa shape index (κ1) is 19.0. The second-order valence-electron chi connectivity index (χ2n) is 5.51. The molecule has 0 unspecified atom stereocenters. The molecule has 0 aliphatic rings. The summed E-state index contributed by atoms with van der Waals surface area (Å²) in [5, 5.41) is 0. The summed E-state index contributed by atoms with van der Waals surface area (Å²) in [7, 11) is 0. The molecule has 0 atom stereocenters. The van der Waals surface area contributed by atoms with Crippen LogP contribution in [0.3, 0.4) is 0 Å². The average Bonchev–Trinajstić information content (AvgIpc) is 2.49. The number of unbranched alkanes of at least 4 members (excludes halogenated alkanes) is 1. The van der Waals surface area contributed by atoms with E-state index < -0.39 is 0 Å². The van der Waals surface area contributed by atoms with E-state index in [1.807, 2.05) is 26.8 Å². The Balaban J connectivity index is 2.35. The summed E-state index contributed by atoms with van der Waals surface area (Å²) < 4.78 is 15.9. The van der Waals surface area contributed by atoms with Crippen LogP contribution in [0.5, 0.6) is 11.5 Å². The molecule has 0 fully saturated rings. The standard InChI is InChI=1S/C18H26O5/c1-4-5-13-21-17(19)11-8-12-18(20)23-16-10-7-6-9-15(16)22-14(2)3/h6-7,9-10,14H,4-5,8,11-13H2,1-3H3. The van der Waals surface area contributed by atoms with E-state index in [1.165, 1.54) is 0 Å². The van der Waals surface area contributed by atoms with Crippen LogP contribution in [0.25, 0.3) is 0 Å². The SMILES string of the molecule is CCCCOC(=O)CCCC(=O)Oc1ccccc1OC(C)C. The number of esters is 2. The van der Waals surface area contributed by atoms with Crippen LogP contribution in [0, 0.1) is 0 Å². The van der Waals surface area contributed by atoms with Gasteiger partial charge in [0, 0.05) is 12.8 Å². The molecule has 0 saturated heterocycles. The number of hydrogen-bond acceptors (Lipinski definition) is 5.